The molecular formula is C14H20N2O3. The van der Waals surface area contributed by atoms with Crippen molar-refractivity contribution in [1.82, 2.24) is 5.32 Å². The lowest BCUT2D eigenvalue weighted by molar-refractivity contribution is -0.144. The Morgan fingerprint density at radius 1 is 1.32 bits per heavy atom. The molecule has 0 bridgehead atoms. The Morgan fingerprint density at radius 3 is 2.37 bits per heavy atom. The van der Waals surface area contributed by atoms with E-state index in [0.29, 0.717) is 29.7 Å². The van der Waals surface area contributed by atoms with Crippen LogP contribution in [0.4, 0.5) is 5.69 Å². The molecule has 0 saturated heterocycles. The molecule has 0 radical (unpaired) electrons. The molecule has 0 unspecified atom stereocenters. The van der Waals surface area contributed by atoms with Crippen LogP contribution in [0.25, 0.3) is 0 Å². The molecule has 19 heavy (non-hydrogen) atoms. The molecule has 0 spiro atoms. The Labute approximate surface area is 112 Å². The number of aliphatic carboxylic acids is 1. The van der Waals surface area contributed by atoms with E-state index >= 15 is 0 Å². The smallest absolute Gasteiger partial charge is 0.329 e. The van der Waals surface area contributed by atoms with Crippen LogP contribution < -0.4 is 11.1 Å². The van der Waals surface area contributed by atoms with Crippen LogP contribution in [0.15, 0.2) is 18.2 Å². The fourth-order valence-corrected chi connectivity index (χ4v) is 1.97. The molecular weight excluding hydrogens is 244 g/mol. The average Bonchev–Trinajstić information content (AvgIpc) is 2.38. The van der Waals surface area contributed by atoms with Crippen LogP contribution in [0.3, 0.4) is 0 Å². The van der Waals surface area contributed by atoms with Gasteiger partial charge in [0, 0.05) is 11.3 Å². The summed E-state index contributed by atoms with van der Waals surface area (Å²) in [5.41, 5.74) is 6.11. The molecule has 4 N–H and O–H groups in total. The first-order valence-corrected chi connectivity index (χ1v) is 6.29. The monoisotopic (exact) mass is 264 g/mol. The van der Waals surface area contributed by atoms with E-state index in [2.05, 4.69) is 5.32 Å². The molecule has 1 aromatic rings. The first-order chi connectivity index (χ1) is 8.88. The summed E-state index contributed by atoms with van der Waals surface area (Å²) in [7, 11) is 0. The topological polar surface area (TPSA) is 92.4 Å². The number of anilines is 1. The van der Waals surface area contributed by atoms with Crippen molar-refractivity contribution in [2.24, 2.45) is 0 Å². The molecule has 1 aromatic carbocycles. The lowest BCUT2D eigenvalue weighted by atomic mass is 9.92. The van der Waals surface area contributed by atoms with Gasteiger partial charge in [0.15, 0.2) is 0 Å². The maximum Gasteiger partial charge on any atom is 0.329 e. The summed E-state index contributed by atoms with van der Waals surface area (Å²) in [6, 6.07) is 5.02. The predicted octanol–water partition coefficient (Wildman–Crippen LogP) is 1.95. The van der Waals surface area contributed by atoms with Crippen molar-refractivity contribution in [3.8, 4) is 0 Å². The number of carboxylic acid groups (broad SMARTS) is 1. The number of benzene rings is 1. The zero-order valence-electron chi connectivity index (χ0n) is 11.5. The van der Waals surface area contributed by atoms with E-state index in [4.69, 9.17) is 5.73 Å². The summed E-state index contributed by atoms with van der Waals surface area (Å²) in [4.78, 5) is 23.6. The minimum atomic E-state index is -1.23. The van der Waals surface area contributed by atoms with Crippen molar-refractivity contribution in [2.75, 3.05) is 5.73 Å². The van der Waals surface area contributed by atoms with E-state index < -0.39 is 17.4 Å². The largest absolute Gasteiger partial charge is 0.480 e. The SMILES string of the molecule is CCC(CC)(NC(=O)c1cccc(N)c1C)C(=O)O. The number of amides is 1. The molecule has 0 aromatic heterocycles. The second-order valence-corrected chi connectivity index (χ2v) is 4.57. The number of nitrogen functional groups attached to an aromatic ring is 1. The van der Waals surface area contributed by atoms with Crippen LogP contribution in [0, 0.1) is 6.92 Å². The molecule has 0 fully saturated rings. The molecule has 0 aliphatic rings. The van der Waals surface area contributed by atoms with E-state index in [1.54, 1.807) is 39.0 Å². The molecule has 5 nitrogen and oxygen atoms in total. The molecule has 1 rings (SSSR count). The van der Waals surface area contributed by atoms with Crippen molar-refractivity contribution in [3.05, 3.63) is 29.3 Å². The molecule has 1 amide bonds. The summed E-state index contributed by atoms with van der Waals surface area (Å²) in [5.74, 6) is -1.43. The normalized spacial score (nSPS) is 11.1. The molecule has 0 aliphatic heterocycles. The first-order valence-electron chi connectivity index (χ1n) is 6.29. The van der Waals surface area contributed by atoms with Crippen LogP contribution in [0.2, 0.25) is 0 Å². The lowest BCUT2D eigenvalue weighted by Gasteiger charge is -2.28. The number of carbonyl (C=O) groups excluding carboxylic acids is 1. The Morgan fingerprint density at radius 2 is 1.89 bits per heavy atom. The minimum absolute atomic E-state index is 0.325. The van der Waals surface area contributed by atoms with Gasteiger partial charge in [-0.25, -0.2) is 4.79 Å². The van der Waals surface area contributed by atoms with Crippen molar-refractivity contribution >= 4 is 17.6 Å². The average molecular weight is 264 g/mol. The van der Waals surface area contributed by atoms with E-state index in [9.17, 15) is 14.7 Å². The highest BCUT2D eigenvalue weighted by atomic mass is 16.4. The second-order valence-electron chi connectivity index (χ2n) is 4.57. The number of nitrogens with two attached hydrogens (primary N) is 1. The van der Waals surface area contributed by atoms with Gasteiger partial charge in [-0.05, 0) is 37.5 Å². The predicted molar refractivity (Wildman–Crippen MR) is 74.0 cm³/mol. The highest BCUT2D eigenvalue weighted by Crippen LogP contribution is 2.19. The Bertz CT molecular complexity index is 493. The summed E-state index contributed by atoms with van der Waals surface area (Å²) in [6.45, 7) is 5.22. The third kappa shape index (κ3) is 2.86. The number of carboxylic acids is 1. The summed E-state index contributed by atoms with van der Waals surface area (Å²) in [6.07, 6.45) is 0.651. The number of rotatable bonds is 5. The van der Waals surface area contributed by atoms with Crippen LogP contribution >= 0.6 is 0 Å². The van der Waals surface area contributed by atoms with Crippen molar-refractivity contribution in [1.29, 1.82) is 0 Å². The highest BCUT2D eigenvalue weighted by Gasteiger charge is 2.36. The molecule has 0 aliphatic carbocycles. The van der Waals surface area contributed by atoms with Gasteiger partial charge >= 0.3 is 5.97 Å². The quantitative estimate of drug-likeness (QED) is 0.709. The van der Waals surface area contributed by atoms with Crippen LogP contribution in [0.5, 0.6) is 0 Å². The van der Waals surface area contributed by atoms with E-state index in [0.717, 1.165) is 0 Å². The van der Waals surface area contributed by atoms with Gasteiger partial charge in [0.2, 0.25) is 0 Å². The molecule has 0 heterocycles. The van der Waals surface area contributed by atoms with E-state index in [-0.39, 0.29) is 0 Å². The van der Waals surface area contributed by atoms with Crippen LogP contribution in [-0.2, 0) is 4.79 Å². The fourth-order valence-electron chi connectivity index (χ4n) is 1.97. The third-order valence-corrected chi connectivity index (χ3v) is 3.59. The number of nitrogens with one attached hydrogen (secondary N) is 1. The highest BCUT2D eigenvalue weighted by molar-refractivity contribution is 5.99. The van der Waals surface area contributed by atoms with E-state index in [1.165, 1.54) is 0 Å². The summed E-state index contributed by atoms with van der Waals surface area (Å²) < 4.78 is 0. The molecule has 5 heteroatoms. The molecule has 104 valence electrons. The lowest BCUT2D eigenvalue weighted by Crippen LogP contribution is -2.53. The zero-order valence-corrected chi connectivity index (χ0v) is 11.5. The second kappa shape index (κ2) is 5.73. The van der Waals surface area contributed by atoms with Gasteiger partial charge in [-0.1, -0.05) is 19.9 Å². The standard InChI is InChI=1S/C14H20N2O3/c1-4-14(5-2,13(18)19)16-12(17)10-7-6-8-11(15)9(10)3/h6-8H,4-5,15H2,1-3H3,(H,16,17)(H,18,19). The number of hydrogen-bond donors (Lipinski definition) is 3. The number of carbonyl (C=O) groups is 2. The van der Waals surface area contributed by atoms with Crippen molar-refractivity contribution in [3.63, 3.8) is 0 Å². The fraction of sp³-hybridized carbons (Fsp3) is 0.429. The Hall–Kier alpha value is -2.04. The van der Waals surface area contributed by atoms with Gasteiger partial charge in [-0.2, -0.15) is 0 Å². The maximum absolute atomic E-state index is 12.2. The van der Waals surface area contributed by atoms with Crippen molar-refractivity contribution < 1.29 is 14.7 Å². The maximum atomic E-state index is 12.2. The van der Waals surface area contributed by atoms with Crippen LogP contribution in [-0.4, -0.2) is 22.5 Å². The molecule has 0 saturated carbocycles. The van der Waals surface area contributed by atoms with Gasteiger partial charge in [-0.3, -0.25) is 4.79 Å². The van der Waals surface area contributed by atoms with Gasteiger partial charge in [-0.15, -0.1) is 0 Å². The van der Waals surface area contributed by atoms with E-state index in [1.807, 2.05) is 0 Å². The summed E-state index contributed by atoms with van der Waals surface area (Å²) >= 11 is 0. The van der Waals surface area contributed by atoms with Crippen molar-refractivity contribution in [2.45, 2.75) is 39.2 Å². The summed E-state index contributed by atoms with van der Waals surface area (Å²) in [5, 5.41) is 11.9. The third-order valence-electron chi connectivity index (χ3n) is 3.59. The van der Waals surface area contributed by atoms with Gasteiger partial charge in [0.05, 0.1) is 0 Å². The Kier molecular flexibility index (Phi) is 4.53. The zero-order chi connectivity index (χ0) is 14.6. The van der Waals surface area contributed by atoms with Crippen LogP contribution in [0.1, 0.15) is 42.6 Å². The Balaban J connectivity index is 3.08. The van der Waals surface area contributed by atoms with Gasteiger partial charge in [0.1, 0.15) is 5.54 Å². The van der Waals surface area contributed by atoms with Gasteiger partial charge < -0.3 is 16.2 Å². The van der Waals surface area contributed by atoms with Gasteiger partial charge in [0.25, 0.3) is 5.91 Å². The minimum Gasteiger partial charge on any atom is -0.480 e. The first kappa shape index (κ1) is 15.0. The molecule has 0 atom stereocenters. The number of hydrogen-bond acceptors (Lipinski definition) is 3.